The molecule has 0 unspecified atom stereocenters. The molecule has 1 N–H and O–H groups in total. The third-order valence-electron chi connectivity index (χ3n) is 8.33. The van der Waals surface area contributed by atoms with Crippen molar-refractivity contribution in [2.45, 2.75) is 207 Å². The maximum atomic E-state index is 12.1. The lowest BCUT2D eigenvalue weighted by atomic mass is 10.0. The fourth-order valence-corrected chi connectivity index (χ4v) is 5.50. The molecular weight excluding hydrogens is 524 g/mol. The third-order valence-corrected chi connectivity index (χ3v) is 8.33. The Morgan fingerprint density at radius 3 is 1.26 bits per heavy atom. The topological polar surface area (TPSA) is 72.8 Å². The summed E-state index contributed by atoms with van der Waals surface area (Å²) in [5.74, 6) is 0.275. The highest BCUT2D eigenvalue weighted by atomic mass is 16.6. The van der Waals surface area contributed by atoms with Gasteiger partial charge in [-0.2, -0.15) is 0 Å². The van der Waals surface area contributed by atoms with Gasteiger partial charge in [0.1, 0.15) is 6.61 Å². The summed E-state index contributed by atoms with van der Waals surface area (Å²) in [5.41, 5.74) is 0. The first-order valence-electron chi connectivity index (χ1n) is 18.5. The lowest BCUT2D eigenvalue weighted by molar-refractivity contribution is -0.161. The van der Waals surface area contributed by atoms with Crippen LogP contribution in [0.25, 0.3) is 0 Å². The van der Waals surface area contributed by atoms with E-state index < -0.39 is 6.10 Å². The minimum atomic E-state index is -0.760. The first kappa shape index (κ1) is 40.9. The van der Waals surface area contributed by atoms with Gasteiger partial charge in [0.2, 0.25) is 0 Å². The maximum absolute atomic E-state index is 12.1. The standard InChI is InChI=1S/C37H72O5/c1-4-5-6-7-8-9-18-22-25-28-31-37(40)42-35(32-38)33-41-36(39)30-27-24-21-19-16-14-12-10-11-13-15-17-20-23-26-29-34(2)3/h34-35,38H,4-33H2,1-3H3/t35-/m0/s1. The molecule has 0 aliphatic carbocycles. The molecule has 0 bridgehead atoms. The van der Waals surface area contributed by atoms with Gasteiger partial charge in [-0.25, -0.2) is 0 Å². The number of hydrogen-bond donors (Lipinski definition) is 1. The molecule has 0 fully saturated rings. The van der Waals surface area contributed by atoms with Gasteiger partial charge in [0.25, 0.3) is 0 Å². The van der Waals surface area contributed by atoms with E-state index in [0.29, 0.717) is 12.8 Å². The molecular formula is C37H72O5. The highest BCUT2D eigenvalue weighted by Gasteiger charge is 2.16. The van der Waals surface area contributed by atoms with E-state index >= 15 is 0 Å². The van der Waals surface area contributed by atoms with Crippen LogP contribution in [-0.4, -0.2) is 36.4 Å². The zero-order chi connectivity index (χ0) is 30.9. The molecule has 0 amide bonds. The summed E-state index contributed by atoms with van der Waals surface area (Å²) in [7, 11) is 0. The summed E-state index contributed by atoms with van der Waals surface area (Å²) in [6, 6.07) is 0. The number of ether oxygens (including phenoxy) is 2. The molecule has 0 aromatic rings. The molecule has 1 atom stereocenters. The number of esters is 2. The zero-order valence-corrected chi connectivity index (χ0v) is 28.4. The Morgan fingerprint density at radius 2 is 0.881 bits per heavy atom. The van der Waals surface area contributed by atoms with Crippen LogP contribution < -0.4 is 0 Å². The Labute approximate surface area is 261 Å². The van der Waals surface area contributed by atoms with Crippen molar-refractivity contribution in [3.63, 3.8) is 0 Å². The molecule has 42 heavy (non-hydrogen) atoms. The fraction of sp³-hybridized carbons (Fsp3) is 0.946. The van der Waals surface area contributed by atoms with E-state index in [1.54, 1.807) is 0 Å². The van der Waals surface area contributed by atoms with E-state index in [0.717, 1.165) is 38.0 Å². The van der Waals surface area contributed by atoms with E-state index in [1.807, 2.05) is 0 Å². The SMILES string of the molecule is CCCCCCCCCCCCC(=O)O[C@@H](CO)COC(=O)CCCCCCCCCCCCCCCCCC(C)C. The molecule has 0 radical (unpaired) electrons. The van der Waals surface area contributed by atoms with E-state index in [9.17, 15) is 14.7 Å². The first-order valence-corrected chi connectivity index (χ1v) is 18.5. The Hall–Kier alpha value is -1.10. The van der Waals surface area contributed by atoms with Crippen LogP contribution in [0.3, 0.4) is 0 Å². The Kier molecular flexibility index (Phi) is 31.9. The number of aliphatic hydroxyl groups is 1. The second kappa shape index (κ2) is 32.8. The van der Waals surface area contributed by atoms with Crippen LogP contribution in [0.1, 0.15) is 201 Å². The van der Waals surface area contributed by atoms with Crippen molar-refractivity contribution in [1.82, 2.24) is 0 Å². The minimum Gasteiger partial charge on any atom is -0.462 e. The Morgan fingerprint density at radius 1 is 0.524 bits per heavy atom. The van der Waals surface area contributed by atoms with Crippen molar-refractivity contribution in [2.24, 2.45) is 5.92 Å². The zero-order valence-electron chi connectivity index (χ0n) is 28.4. The maximum Gasteiger partial charge on any atom is 0.306 e. The van der Waals surface area contributed by atoms with Crippen LogP contribution in [0.2, 0.25) is 0 Å². The van der Waals surface area contributed by atoms with Crippen molar-refractivity contribution < 1.29 is 24.2 Å². The van der Waals surface area contributed by atoms with Gasteiger partial charge in [0.15, 0.2) is 6.10 Å². The van der Waals surface area contributed by atoms with E-state index in [4.69, 9.17) is 9.47 Å². The molecule has 0 rings (SSSR count). The number of hydrogen-bond acceptors (Lipinski definition) is 5. The highest BCUT2D eigenvalue weighted by Crippen LogP contribution is 2.16. The largest absolute Gasteiger partial charge is 0.462 e. The lowest BCUT2D eigenvalue weighted by Crippen LogP contribution is -2.28. The average Bonchev–Trinajstić information content (AvgIpc) is 2.97. The molecule has 5 nitrogen and oxygen atoms in total. The minimum absolute atomic E-state index is 0.0581. The third kappa shape index (κ3) is 31.8. The molecule has 5 heteroatoms. The number of unbranched alkanes of at least 4 members (excludes halogenated alkanes) is 23. The predicted molar refractivity (Wildman–Crippen MR) is 178 cm³/mol. The monoisotopic (exact) mass is 597 g/mol. The van der Waals surface area contributed by atoms with Crippen molar-refractivity contribution in [1.29, 1.82) is 0 Å². The number of carbonyl (C=O) groups is 2. The van der Waals surface area contributed by atoms with Crippen molar-refractivity contribution >= 4 is 11.9 Å². The van der Waals surface area contributed by atoms with Crippen LogP contribution in [-0.2, 0) is 19.1 Å². The summed E-state index contributed by atoms with van der Waals surface area (Å²) in [6.07, 6.45) is 33.0. The molecule has 0 aromatic carbocycles. The Balaban J connectivity index is 3.48. The van der Waals surface area contributed by atoms with E-state index in [1.165, 1.54) is 135 Å². The molecule has 0 saturated carbocycles. The Bertz CT molecular complexity index is 577. The van der Waals surface area contributed by atoms with Gasteiger partial charge in [-0.3, -0.25) is 9.59 Å². The van der Waals surface area contributed by atoms with Crippen molar-refractivity contribution in [2.75, 3.05) is 13.2 Å². The number of carbonyl (C=O) groups excluding carboxylic acids is 2. The second-order valence-electron chi connectivity index (χ2n) is 13.1. The average molecular weight is 597 g/mol. The molecule has 250 valence electrons. The smallest absolute Gasteiger partial charge is 0.306 e. The number of rotatable bonds is 33. The van der Waals surface area contributed by atoms with Crippen LogP contribution in [0.4, 0.5) is 0 Å². The van der Waals surface area contributed by atoms with E-state index in [-0.39, 0.29) is 25.2 Å². The molecule has 0 aliphatic rings. The summed E-state index contributed by atoms with van der Waals surface area (Å²) < 4.78 is 10.6. The van der Waals surface area contributed by atoms with Crippen LogP contribution in [0.15, 0.2) is 0 Å². The normalized spacial score (nSPS) is 12.1. The molecule has 0 spiro atoms. The molecule has 0 heterocycles. The van der Waals surface area contributed by atoms with Gasteiger partial charge in [-0.15, -0.1) is 0 Å². The van der Waals surface area contributed by atoms with Gasteiger partial charge in [0, 0.05) is 12.8 Å². The first-order chi connectivity index (χ1) is 20.5. The second-order valence-corrected chi connectivity index (χ2v) is 13.1. The summed E-state index contributed by atoms with van der Waals surface area (Å²) in [4.78, 5) is 24.1. The molecule has 0 saturated heterocycles. The van der Waals surface area contributed by atoms with Gasteiger partial charge in [0.05, 0.1) is 6.61 Å². The van der Waals surface area contributed by atoms with Gasteiger partial charge in [-0.1, -0.05) is 175 Å². The quantitative estimate of drug-likeness (QED) is 0.0602. The van der Waals surface area contributed by atoms with Gasteiger partial charge >= 0.3 is 11.9 Å². The van der Waals surface area contributed by atoms with E-state index in [2.05, 4.69) is 20.8 Å². The summed E-state index contributed by atoms with van der Waals surface area (Å²) in [6.45, 7) is 6.49. The molecule has 0 aromatic heterocycles. The van der Waals surface area contributed by atoms with Crippen molar-refractivity contribution in [3.8, 4) is 0 Å². The highest BCUT2D eigenvalue weighted by molar-refractivity contribution is 5.70. The van der Waals surface area contributed by atoms with Gasteiger partial charge < -0.3 is 14.6 Å². The fourth-order valence-electron chi connectivity index (χ4n) is 5.50. The number of aliphatic hydroxyl groups excluding tert-OH is 1. The van der Waals surface area contributed by atoms with Crippen molar-refractivity contribution in [3.05, 3.63) is 0 Å². The van der Waals surface area contributed by atoms with Crippen LogP contribution >= 0.6 is 0 Å². The summed E-state index contributed by atoms with van der Waals surface area (Å²) in [5, 5.41) is 9.50. The van der Waals surface area contributed by atoms with Crippen LogP contribution in [0.5, 0.6) is 0 Å². The molecule has 0 aliphatic heterocycles. The lowest BCUT2D eigenvalue weighted by Gasteiger charge is -2.15. The predicted octanol–water partition coefficient (Wildman–Crippen LogP) is 11.0. The van der Waals surface area contributed by atoms with Gasteiger partial charge in [-0.05, 0) is 18.8 Å². The summed E-state index contributed by atoms with van der Waals surface area (Å²) >= 11 is 0. The van der Waals surface area contributed by atoms with Crippen LogP contribution in [0, 0.1) is 5.92 Å².